The first-order valence-electron chi connectivity index (χ1n) is 8.62. The molecule has 0 radical (unpaired) electrons. The van der Waals surface area contributed by atoms with Crippen LogP contribution in [0.2, 0.25) is 5.02 Å². The van der Waals surface area contributed by atoms with E-state index in [1.807, 2.05) is 4.90 Å². The number of piperazine rings is 1. The molecule has 1 aromatic heterocycles. The summed E-state index contributed by atoms with van der Waals surface area (Å²) in [4.78, 5) is 13.5. The van der Waals surface area contributed by atoms with Crippen molar-refractivity contribution >= 4 is 27.5 Å². The van der Waals surface area contributed by atoms with Gasteiger partial charge in [-0.15, -0.1) is 0 Å². The molecular formula is C15H24ClN5O3S. The van der Waals surface area contributed by atoms with Gasteiger partial charge in [0.1, 0.15) is 5.02 Å². The van der Waals surface area contributed by atoms with Crippen molar-refractivity contribution in [2.75, 3.05) is 38.1 Å². The lowest BCUT2D eigenvalue weighted by Gasteiger charge is -2.39. The average molecular weight is 390 g/mol. The Morgan fingerprint density at radius 2 is 1.84 bits per heavy atom. The SMILES string of the molecule is CN(C1CCCCC1)S(=O)(=O)N1CCN(c2cn[nH]c(=O)c2Cl)CC1. The Hall–Kier alpha value is -1.16. The molecule has 10 heteroatoms. The number of halogens is 1. The second-order valence-corrected chi connectivity index (χ2v) is 8.97. The maximum Gasteiger partial charge on any atom is 0.285 e. The van der Waals surface area contributed by atoms with Crippen LogP contribution in [0.15, 0.2) is 11.0 Å². The van der Waals surface area contributed by atoms with Crippen molar-refractivity contribution in [3.8, 4) is 0 Å². The maximum atomic E-state index is 12.9. The predicted molar refractivity (Wildman–Crippen MR) is 97.2 cm³/mol. The van der Waals surface area contributed by atoms with Crippen molar-refractivity contribution in [2.24, 2.45) is 0 Å². The van der Waals surface area contributed by atoms with Crippen molar-refractivity contribution in [1.82, 2.24) is 18.8 Å². The van der Waals surface area contributed by atoms with Crippen LogP contribution in [0.3, 0.4) is 0 Å². The highest BCUT2D eigenvalue weighted by Gasteiger charge is 2.34. The van der Waals surface area contributed by atoms with E-state index in [2.05, 4.69) is 10.2 Å². The first-order valence-corrected chi connectivity index (χ1v) is 10.4. The van der Waals surface area contributed by atoms with Gasteiger partial charge >= 0.3 is 0 Å². The molecular weight excluding hydrogens is 366 g/mol. The molecule has 1 N–H and O–H groups in total. The number of nitrogens with zero attached hydrogens (tertiary/aromatic N) is 4. The number of hydrogen-bond acceptors (Lipinski definition) is 5. The molecule has 2 fully saturated rings. The Labute approximate surface area is 152 Å². The molecule has 25 heavy (non-hydrogen) atoms. The van der Waals surface area contributed by atoms with Crippen LogP contribution in [0.1, 0.15) is 32.1 Å². The normalized spacial score (nSPS) is 21.0. The minimum atomic E-state index is -3.46. The van der Waals surface area contributed by atoms with Gasteiger partial charge in [0, 0.05) is 39.3 Å². The zero-order chi connectivity index (χ0) is 18.0. The van der Waals surface area contributed by atoms with Crippen LogP contribution < -0.4 is 10.5 Å². The molecule has 0 bridgehead atoms. The molecule has 0 atom stereocenters. The molecule has 0 amide bonds. The number of H-pyrrole nitrogens is 1. The van der Waals surface area contributed by atoms with E-state index in [1.54, 1.807) is 11.4 Å². The van der Waals surface area contributed by atoms with Gasteiger partial charge in [-0.05, 0) is 12.8 Å². The van der Waals surface area contributed by atoms with Gasteiger partial charge in [0.25, 0.3) is 15.8 Å². The highest BCUT2D eigenvalue weighted by Crippen LogP contribution is 2.26. The molecule has 1 aliphatic carbocycles. The summed E-state index contributed by atoms with van der Waals surface area (Å²) in [6.07, 6.45) is 6.74. The van der Waals surface area contributed by atoms with E-state index in [0.29, 0.717) is 31.9 Å². The number of nitrogens with one attached hydrogen (secondary N) is 1. The molecule has 1 aromatic rings. The Balaban J connectivity index is 1.66. The minimum absolute atomic E-state index is 0.0885. The molecule has 3 rings (SSSR count). The van der Waals surface area contributed by atoms with Gasteiger partial charge in [-0.3, -0.25) is 4.79 Å². The van der Waals surface area contributed by atoms with Crippen molar-refractivity contribution in [2.45, 2.75) is 38.1 Å². The first kappa shape index (κ1) is 18.6. The second kappa shape index (κ2) is 7.61. The summed E-state index contributed by atoms with van der Waals surface area (Å²) in [6.45, 7) is 1.68. The van der Waals surface area contributed by atoms with Crippen LogP contribution in [-0.2, 0) is 10.2 Å². The van der Waals surface area contributed by atoms with E-state index >= 15 is 0 Å². The zero-order valence-electron chi connectivity index (χ0n) is 14.3. The van der Waals surface area contributed by atoms with Crippen LogP contribution in [0, 0.1) is 0 Å². The number of aromatic amines is 1. The van der Waals surface area contributed by atoms with E-state index in [-0.39, 0.29) is 11.1 Å². The Kier molecular flexibility index (Phi) is 5.67. The summed E-state index contributed by atoms with van der Waals surface area (Å²) in [7, 11) is -1.77. The van der Waals surface area contributed by atoms with Gasteiger partial charge in [0.2, 0.25) is 0 Å². The molecule has 2 aliphatic rings. The molecule has 8 nitrogen and oxygen atoms in total. The fourth-order valence-electron chi connectivity index (χ4n) is 3.57. The van der Waals surface area contributed by atoms with Crippen molar-refractivity contribution in [1.29, 1.82) is 0 Å². The predicted octanol–water partition coefficient (Wildman–Crippen LogP) is 1.05. The molecule has 1 saturated heterocycles. The van der Waals surface area contributed by atoms with E-state index in [4.69, 9.17) is 11.6 Å². The third-order valence-electron chi connectivity index (χ3n) is 5.14. The average Bonchev–Trinajstić information content (AvgIpc) is 2.64. The van der Waals surface area contributed by atoms with Crippen molar-refractivity contribution < 1.29 is 8.42 Å². The van der Waals surface area contributed by atoms with Crippen LogP contribution in [0.4, 0.5) is 5.69 Å². The van der Waals surface area contributed by atoms with Gasteiger partial charge in [-0.25, -0.2) is 5.10 Å². The van der Waals surface area contributed by atoms with E-state index in [1.165, 1.54) is 16.9 Å². The van der Waals surface area contributed by atoms with Gasteiger partial charge in [-0.2, -0.15) is 22.1 Å². The first-order chi connectivity index (χ1) is 11.9. The molecule has 140 valence electrons. The third-order valence-corrected chi connectivity index (χ3v) is 7.54. The lowest BCUT2D eigenvalue weighted by Crippen LogP contribution is -2.54. The van der Waals surface area contributed by atoms with Crippen LogP contribution >= 0.6 is 11.6 Å². The summed E-state index contributed by atoms with van der Waals surface area (Å²) in [6, 6.07) is 0.100. The second-order valence-electron chi connectivity index (χ2n) is 6.60. The Morgan fingerprint density at radius 1 is 1.20 bits per heavy atom. The van der Waals surface area contributed by atoms with Crippen molar-refractivity contribution in [3.63, 3.8) is 0 Å². The van der Waals surface area contributed by atoms with Crippen molar-refractivity contribution in [3.05, 3.63) is 21.6 Å². The number of anilines is 1. The molecule has 0 spiro atoms. The van der Waals surface area contributed by atoms with Crippen LogP contribution in [0.5, 0.6) is 0 Å². The summed E-state index contributed by atoms with van der Waals surface area (Å²) in [5.74, 6) is 0. The summed E-state index contributed by atoms with van der Waals surface area (Å²) < 4.78 is 28.8. The number of hydrogen-bond donors (Lipinski definition) is 1. The fourth-order valence-corrected chi connectivity index (χ4v) is 5.36. The van der Waals surface area contributed by atoms with E-state index < -0.39 is 15.8 Å². The molecule has 0 unspecified atom stereocenters. The molecule has 0 aromatic carbocycles. The minimum Gasteiger partial charge on any atom is -0.366 e. The van der Waals surface area contributed by atoms with Gasteiger partial charge in [0.05, 0.1) is 11.9 Å². The molecule has 1 aliphatic heterocycles. The highest BCUT2D eigenvalue weighted by atomic mass is 35.5. The smallest absolute Gasteiger partial charge is 0.285 e. The topological polar surface area (TPSA) is 89.6 Å². The maximum absolute atomic E-state index is 12.9. The summed E-state index contributed by atoms with van der Waals surface area (Å²) in [5, 5.41) is 6.15. The quantitative estimate of drug-likeness (QED) is 0.831. The van der Waals surface area contributed by atoms with Gasteiger partial charge < -0.3 is 4.90 Å². The lowest BCUT2D eigenvalue weighted by molar-refractivity contribution is 0.259. The number of aromatic nitrogens is 2. The summed E-state index contributed by atoms with van der Waals surface area (Å²) in [5.41, 5.74) is 0.106. The third kappa shape index (κ3) is 3.84. The zero-order valence-corrected chi connectivity index (χ0v) is 15.9. The van der Waals surface area contributed by atoms with Gasteiger partial charge in [-0.1, -0.05) is 30.9 Å². The largest absolute Gasteiger partial charge is 0.366 e. The van der Waals surface area contributed by atoms with Crippen LogP contribution in [0.25, 0.3) is 0 Å². The monoisotopic (exact) mass is 389 g/mol. The Morgan fingerprint density at radius 3 is 2.48 bits per heavy atom. The Bertz CT molecular complexity index is 755. The summed E-state index contributed by atoms with van der Waals surface area (Å²) >= 11 is 6.04. The van der Waals surface area contributed by atoms with Gasteiger partial charge in [0.15, 0.2) is 0 Å². The molecule has 2 heterocycles. The molecule has 1 saturated carbocycles. The highest BCUT2D eigenvalue weighted by molar-refractivity contribution is 7.86. The standard InChI is InChI=1S/C15H24ClN5O3S/c1-19(12-5-3-2-4-6-12)25(23,24)21-9-7-20(8-10-21)13-11-17-18-15(22)14(13)16/h11-12H,2-10H2,1H3,(H,18,22). The van der Waals surface area contributed by atoms with E-state index in [9.17, 15) is 13.2 Å². The number of rotatable bonds is 4. The fraction of sp³-hybridized carbons (Fsp3) is 0.733. The van der Waals surface area contributed by atoms with Crippen LogP contribution in [-0.4, -0.2) is 66.5 Å². The van der Waals surface area contributed by atoms with E-state index in [0.717, 1.165) is 25.7 Å². The lowest BCUT2D eigenvalue weighted by atomic mass is 9.96.